The standard InChI is InChI=1S/C16H22N2O3/c1-2-5-15(19)18-13-7-3-6-12(10-13)16(20)17-11-14-8-4-9-21-14/h3,6-7,10,14H,2,4-5,8-9,11H2,1H3,(H,17,20)(H,18,19)/t14-/m0/s1. The molecule has 1 aliphatic rings. The molecule has 5 heteroatoms. The fourth-order valence-corrected chi connectivity index (χ4v) is 2.30. The number of nitrogens with one attached hydrogen (secondary N) is 2. The smallest absolute Gasteiger partial charge is 0.251 e. The van der Waals surface area contributed by atoms with E-state index in [2.05, 4.69) is 10.6 Å². The summed E-state index contributed by atoms with van der Waals surface area (Å²) in [5.74, 6) is -0.175. The van der Waals surface area contributed by atoms with E-state index in [0.29, 0.717) is 24.2 Å². The Morgan fingerprint density at radius 1 is 1.38 bits per heavy atom. The van der Waals surface area contributed by atoms with Gasteiger partial charge in [-0.05, 0) is 37.5 Å². The number of amides is 2. The van der Waals surface area contributed by atoms with Crippen LogP contribution in [0.1, 0.15) is 43.0 Å². The van der Waals surface area contributed by atoms with Gasteiger partial charge in [-0.15, -0.1) is 0 Å². The highest BCUT2D eigenvalue weighted by atomic mass is 16.5. The molecule has 1 aromatic rings. The van der Waals surface area contributed by atoms with Gasteiger partial charge in [-0.1, -0.05) is 13.0 Å². The quantitative estimate of drug-likeness (QED) is 0.845. The largest absolute Gasteiger partial charge is 0.376 e. The number of benzene rings is 1. The molecule has 0 spiro atoms. The third-order valence-electron chi connectivity index (χ3n) is 3.40. The van der Waals surface area contributed by atoms with Crippen molar-refractivity contribution < 1.29 is 14.3 Å². The van der Waals surface area contributed by atoms with Crippen LogP contribution in [0.25, 0.3) is 0 Å². The number of ether oxygens (including phenoxy) is 1. The van der Waals surface area contributed by atoms with Crippen molar-refractivity contribution >= 4 is 17.5 Å². The van der Waals surface area contributed by atoms with E-state index < -0.39 is 0 Å². The third kappa shape index (κ3) is 4.86. The highest BCUT2D eigenvalue weighted by molar-refractivity contribution is 5.97. The van der Waals surface area contributed by atoms with Gasteiger partial charge in [0.1, 0.15) is 0 Å². The molecular formula is C16H22N2O3. The number of rotatable bonds is 6. The van der Waals surface area contributed by atoms with E-state index in [9.17, 15) is 9.59 Å². The van der Waals surface area contributed by atoms with Crippen LogP contribution in [0.2, 0.25) is 0 Å². The van der Waals surface area contributed by atoms with Crippen LogP contribution < -0.4 is 10.6 Å². The van der Waals surface area contributed by atoms with Gasteiger partial charge in [0.05, 0.1) is 6.10 Å². The van der Waals surface area contributed by atoms with Gasteiger partial charge >= 0.3 is 0 Å². The average molecular weight is 290 g/mol. The fourth-order valence-electron chi connectivity index (χ4n) is 2.30. The molecular weight excluding hydrogens is 268 g/mol. The first kappa shape index (κ1) is 15.5. The molecule has 0 unspecified atom stereocenters. The molecule has 0 aromatic heterocycles. The van der Waals surface area contributed by atoms with E-state index in [-0.39, 0.29) is 17.9 Å². The highest BCUT2D eigenvalue weighted by Gasteiger charge is 2.16. The second-order valence-electron chi connectivity index (χ2n) is 5.22. The molecule has 0 aliphatic carbocycles. The summed E-state index contributed by atoms with van der Waals surface area (Å²) in [4.78, 5) is 23.7. The van der Waals surface area contributed by atoms with Gasteiger partial charge in [0.15, 0.2) is 0 Å². The summed E-state index contributed by atoms with van der Waals surface area (Å²) in [5.41, 5.74) is 1.19. The molecule has 0 bridgehead atoms. The molecule has 1 saturated heterocycles. The second-order valence-corrected chi connectivity index (χ2v) is 5.22. The van der Waals surface area contributed by atoms with Crippen LogP contribution in [0.5, 0.6) is 0 Å². The SMILES string of the molecule is CCCC(=O)Nc1cccc(C(=O)NC[C@@H]2CCCO2)c1. The first-order valence-electron chi connectivity index (χ1n) is 7.48. The van der Waals surface area contributed by atoms with Crippen LogP contribution in [0.4, 0.5) is 5.69 Å². The topological polar surface area (TPSA) is 67.4 Å². The van der Waals surface area contributed by atoms with Crippen LogP contribution in [-0.2, 0) is 9.53 Å². The second kappa shape index (κ2) is 7.78. The first-order valence-corrected chi connectivity index (χ1v) is 7.48. The summed E-state index contributed by atoms with van der Waals surface area (Å²) >= 11 is 0. The minimum absolute atomic E-state index is 0.0330. The molecule has 1 fully saturated rings. The normalized spacial score (nSPS) is 17.5. The van der Waals surface area contributed by atoms with Crippen molar-refractivity contribution in [1.29, 1.82) is 0 Å². The fraction of sp³-hybridized carbons (Fsp3) is 0.500. The van der Waals surface area contributed by atoms with E-state index in [4.69, 9.17) is 4.74 Å². The number of anilines is 1. The van der Waals surface area contributed by atoms with Crippen LogP contribution >= 0.6 is 0 Å². The minimum Gasteiger partial charge on any atom is -0.376 e. The van der Waals surface area contributed by atoms with Crippen molar-refractivity contribution in [3.63, 3.8) is 0 Å². The van der Waals surface area contributed by atoms with Crippen molar-refractivity contribution in [1.82, 2.24) is 5.32 Å². The molecule has 0 radical (unpaired) electrons. The number of hydrogen-bond donors (Lipinski definition) is 2. The van der Waals surface area contributed by atoms with Gasteiger partial charge in [-0.3, -0.25) is 9.59 Å². The Hall–Kier alpha value is -1.88. The lowest BCUT2D eigenvalue weighted by molar-refractivity contribution is -0.116. The molecule has 21 heavy (non-hydrogen) atoms. The number of carbonyl (C=O) groups excluding carboxylic acids is 2. The Balaban J connectivity index is 1.89. The average Bonchev–Trinajstić information content (AvgIpc) is 2.98. The summed E-state index contributed by atoms with van der Waals surface area (Å²) in [6.45, 7) is 3.26. The Bertz CT molecular complexity index is 496. The van der Waals surface area contributed by atoms with Gasteiger partial charge in [0, 0.05) is 30.8 Å². The van der Waals surface area contributed by atoms with Crippen molar-refractivity contribution in [3.05, 3.63) is 29.8 Å². The lowest BCUT2D eigenvalue weighted by atomic mass is 10.1. The Morgan fingerprint density at radius 3 is 2.95 bits per heavy atom. The Kier molecular flexibility index (Phi) is 5.75. The molecule has 1 heterocycles. The van der Waals surface area contributed by atoms with Crippen molar-refractivity contribution in [2.75, 3.05) is 18.5 Å². The van der Waals surface area contributed by atoms with Gasteiger partial charge in [0.2, 0.25) is 5.91 Å². The zero-order chi connectivity index (χ0) is 15.1. The maximum absolute atomic E-state index is 12.1. The van der Waals surface area contributed by atoms with E-state index in [0.717, 1.165) is 25.9 Å². The van der Waals surface area contributed by atoms with Crippen molar-refractivity contribution in [2.24, 2.45) is 0 Å². The molecule has 5 nitrogen and oxygen atoms in total. The molecule has 2 amide bonds. The predicted octanol–water partition coefficient (Wildman–Crippen LogP) is 2.33. The molecule has 1 aromatic carbocycles. The Labute approximate surface area is 125 Å². The number of hydrogen-bond acceptors (Lipinski definition) is 3. The molecule has 1 aliphatic heterocycles. The third-order valence-corrected chi connectivity index (χ3v) is 3.40. The van der Waals surface area contributed by atoms with E-state index in [1.807, 2.05) is 6.92 Å². The Morgan fingerprint density at radius 2 is 2.24 bits per heavy atom. The molecule has 2 N–H and O–H groups in total. The van der Waals surface area contributed by atoms with E-state index >= 15 is 0 Å². The molecule has 114 valence electrons. The lowest BCUT2D eigenvalue weighted by Crippen LogP contribution is -2.31. The molecule has 1 atom stereocenters. The predicted molar refractivity (Wildman–Crippen MR) is 81.3 cm³/mol. The van der Waals surface area contributed by atoms with Gasteiger partial charge in [-0.25, -0.2) is 0 Å². The van der Waals surface area contributed by atoms with Crippen LogP contribution in [0.15, 0.2) is 24.3 Å². The monoisotopic (exact) mass is 290 g/mol. The zero-order valence-electron chi connectivity index (χ0n) is 12.4. The summed E-state index contributed by atoms with van der Waals surface area (Å²) in [7, 11) is 0. The van der Waals surface area contributed by atoms with Gasteiger partial charge in [0.25, 0.3) is 5.91 Å². The van der Waals surface area contributed by atoms with Crippen LogP contribution in [0, 0.1) is 0 Å². The van der Waals surface area contributed by atoms with E-state index in [1.165, 1.54) is 0 Å². The van der Waals surface area contributed by atoms with Crippen molar-refractivity contribution in [2.45, 2.75) is 38.7 Å². The number of carbonyl (C=O) groups is 2. The first-order chi connectivity index (χ1) is 10.2. The molecule has 0 saturated carbocycles. The molecule has 2 rings (SSSR count). The van der Waals surface area contributed by atoms with Gasteiger partial charge < -0.3 is 15.4 Å². The van der Waals surface area contributed by atoms with E-state index in [1.54, 1.807) is 24.3 Å². The van der Waals surface area contributed by atoms with Crippen molar-refractivity contribution in [3.8, 4) is 0 Å². The summed E-state index contributed by atoms with van der Waals surface area (Å²) in [5, 5.41) is 5.66. The summed E-state index contributed by atoms with van der Waals surface area (Å²) < 4.78 is 5.47. The van der Waals surface area contributed by atoms with Crippen LogP contribution in [-0.4, -0.2) is 31.1 Å². The van der Waals surface area contributed by atoms with Crippen LogP contribution in [0.3, 0.4) is 0 Å². The zero-order valence-corrected chi connectivity index (χ0v) is 12.4. The highest BCUT2D eigenvalue weighted by Crippen LogP contribution is 2.13. The lowest BCUT2D eigenvalue weighted by Gasteiger charge is -2.11. The summed E-state index contributed by atoms with van der Waals surface area (Å²) in [6.07, 6.45) is 3.46. The van der Waals surface area contributed by atoms with Gasteiger partial charge in [-0.2, -0.15) is 0 Å². The maximum atomic E-state index is 12.1. The minimum atomic E-state index is -0.142. The summed E-state index contributed by atoms with van der Waals surface area (Å²) in [6, 6.07) is 6.98. The maximum Gasteiger partial charge on any atom is 0.251 e.